The van der Waals surface area contributed by atoms with Gasteiger partial charge in [-0.2, -0.15) is 4.31 Å². The summed E-state index contributed by atoms with van der Waals surface area (Å²) in [5, 5.41) is 13.7. The molecule has 0 spiro atoms. The van der Waals surface area contributed by atoms with Gasteiger partial charge in [-0.1, -0.05) is 11.6 Å². The highest BCUT2D eigenvalue weighted by Crippen LogP contribution is 2.43. The number of rotatable bonds is 4. The summed E-state index contributed by atoms with van der Waals surface area (Å²) in [6.45, 7) is 4.41. The van der Waals surface area contributed by atoms with Gasteiger partial charge in [0.05, 0.1) is 41.4 Å². The number of β-amino-alcohol motifs (C(OH)–C–C–N with tert-alkyl or cyclic N) is 1. The Morgan fingerprint density at radius 3 is 2.82 bits per heavy atom. The maximum absolute atomic E-state index is 15.1. The molecule has 0 saturated carbocycles. The molecule has 2 N–H and O–H groups in total. The molecule has 3 atom stereocenters. The smallest absolute Gasteiger partial charge is 0.223 e. The highest BCUT2D eigenvalue weighted by atomic mass is 35.5. The molecular formula is C21H24ClFN6O4S. The SMILES string of the molecule is Cc1nc2c(F)cc(-c3nc(NC4CCN(S(C)(=O)=O)CC4O)ncc3Cl)c3c2n1C(C)CO3. The van der Waals surface area contributed by atoms with E-state index in [0.29, 0.717) is 35.7 Å². The number of ether oxygens (including phenoxy) is 1. The molecule has 3 aromatic rings. The van der Waals surface area contributed by atoms with E-state index in [2.05, 4.69) is 20.3 Å². The van der Waals surface area contributed by atoms with E-state index in [4.69, 9.17) is 16.3 Å². The number of benzene rings is 1. The molecule has 0 radical (unpaired) electrons. The second kappa shape index (κ2) is 8.29. The van der Waals surface area contributed by atoms with Gasteiger partial charge in [-0.05, 0) is 26.3 Å². The number of aliphatic hydroxyl groups is 1. The minimum atomic E-state index is -3.39. The van der Waals surface area contributed by atoms with Crippen molar-refractivity contribution in [1.82, 2.24) is 23.8 Å². The first-order valence-electron chi connectivity index (χ1n) is 10.8. The number of nitrogens with one attached hydrogen (secondary N) is 1. The average Bonchev–Trinajstić information content (AvgIpc) is 3.13. The third-order valence-electron chi connectivity index (χ3n) is 6.28. The van der Waals surface area contributed by atoms with Crippen molar-refractivity contribution in [3.63, 3.8) is 0 Å². The zero-order valence-electron chi connectivity index (χ0n) is 18.8. The van der Waals surface area contributed by atoms with Crippen molar-refractivity contribution in [1.29, 1.82) is 0 Å². The van der Waals surface area contributed by atoms with Gasteiger partial charge in [-0.15, -0.1) is 0 Å². The molecule has 0 amide bonds. The standard InChI is InChI=1S/C21H24ClFN6O4S/c1-10-9-33-20-12(6-14(23)18-19(20)29(10)11(2)25-18)17-13(22)7-24-21(27-17)26-15-4-5-28(8-16(15)30)34(3,31)32/h6-7,10,15-16,30H,4-5,8-9H2,1-3H3,(H,24,26,27). The number of piperidine rings is 1. The Bertz CT molecular complexity index is 1400. The maximum Gasteiger partial charge on any atom is 0.223 e. The van der Waals surface area contributed by atoms with E-state index in [9.17, 15) is 13.5 Å². The molecule has 2 aliphatic rings. The summed E-state index contributed by atoms with van der Waals surface area (Å²) in [4.78, 5) is 13.1. The lowest BCUT2D eigenvalue weighted by Gasteiger charge is -2.34. The number of aliphatic hydroxyl groups excluding tert-OH is 1. The number of sulfonamides is 1. The lowest BCUT2D eigenvalue weighted by atomic mass is 10.0. The zero-order valence-corrected chi connectivity index (χ0v) is 20.4. The molecular weight excluding hydrogens is 487 g/mol. The van der Waals surface area contributed by atoms with Crippen LogP contribution >= 0.6 is 11.6 Å². The van der Waals surface area contributed by atoms with Gasteiger partial charge in [0.15, 0.2) is 11.6 Å². The molecule has 182 valence electrons. The van der Waals surface area contributed by atoms with Crippen LogP contribution in [0, 0.1) is 12.7 Å². The lowest BCUT2D eigenvalue weighted by Crippen LogP contribution is -2.51. The minimum Gasteiger partial charge on any atom is -0.488 e. The van der Waals surface area contributed by atoms with Crippen LogP contribution in [0.5, 0.6) is 5.75 Å². The second-order valence-corrected chi connectivity index (χ2v) is 11.1. The molecule has 5 rings (SSSR count). The van der Waals surface area contributed by atoms with E-state index in [1.807, 2.05) is 18.4 Å². The van der Waals surface area contributed by atoms with Crippen molar-refractivity contribution >= 4 is 38.6 Å². The van der Waals surface area contributed by atoms with Gasteiger partial charge in [0.25, 0.3) is 0 Å². The van der Waals surface area contributed by atoms with E-state index in [0.717, 1.165) is 6.26 Å². The Kier molecular flexibility index (Phi) is 5.66. The van der Waals surface area contributed by atoms with Crippen molar-refractivity contribution in [2.75, 3.05) is 31.3 Å². The molecule has 1 fully saturated rings. The molecule has 34 heavy (non-hydrogen) atoms. The fraction of sp³-hybridized carbons (Fsp3) is 0.476. The summed E-state index contributed by atoms with van der Waals surface area (Å²) in [5.74, 6) is 0.802. The molecule has 0 bridgehead atoms. The number of anilines is 1. The summed E-state index contributed by atoms with van der Waals surface area (Å²) in [7, 11) is -3.39. The van der Waals surface area contributed by atoms with E-state index >= 15 is 4.39 Å². The number of halogens is 2. The van der Waals surface area contributed by atoms with Crippen LogP contribution in [0.4, 0.5) is 10.3 Å². The third kappa shape index (κ3) is 3.88. The minimum absolute atomic E-state index is 0.00969. The van der Waals surface area contributed by atoms with Crippen LogP contribution in [0.3, 0.4) is 0 Å². The number of aryl methyl sites for hydroxylation is 1. The molecule has 13 heteroatoms. The van der Waals surface area contributed by atoms with Gasteiger partial charge in [-0.25, -0.2) is 27.8 Å². The topological polar surface area (TPSA) is 122 Å². The number of aromatic nitrogens is 4. The van der Waals surface area contributed by atoms with Gasteiger partial charge in [0.1, 0.15) is 23.5 Å². The summed E-state index contributed by atoms with van der Waals surface area (Å²) in [6.07, 6.45) is 1.91. The first-order chi connectivity index (χ1) is 16.0. The molecule has 4 heterocycles. The highest BCUT2D eigenvalue weighted by molar-refractivity contribution is 7.88. The van der Waals surface area contributed by atoms with Gasteiger partial charge >= 0.3 is 0 Å². The van der Waals surface area contributed by atoms with Gasteiger partial charge in [-0.3, -0.25) is 0 Å². The third-order valence-corrected chi connectivity index (χ3v) is 7.83. The number of imidazole rings is 1. The van der Waals surface area contributed by atoms with Crippen LogP contribution in [0.15, 0.2) is 12.3 Å². The van der Waals surface area contributed by atoms with Crippen molar-refractivity contribution < 1.29 is 22.7 Å². The number of hydrogen-bond donors (Lipinski definition) is 2. The summed E-state index contributed by atoms with van der Waals surface area (Å²) >= 11 is 6.42. The molecule has 10 nitrogen and oxygen atoms in total. The summed E-state index contributed by atoms with van der Waals surface area (Å²) in [5.41, 5.74) is 1.44. The Morgan fingerprint density at radius 2 is 2.12 bits per heavy atom. The van der Waals surface area contributed by atoms with Crippen molar-refractivity contribution in [2.24, 2.45) is 0 Å². The first kappa shape index (κ1) is 23.2. The van der Waals surface area contributed by atoms with Crippen LogP contribution in [0.1, 0.15) is 25.2 Å². The maximum atomic E-state index is 15.1. The number of nitrogens with zero attached hydrogens (tertiary/aromatic N) is 5. The molecule has 1 aromatic carbocycles. The van der Waals surface area contributed by atoms with Crippen molar-refractivity contribution in [2.45, 2.75) is 38.5 Å². The highest BCUT2D eigenvalue weighted by Gasteiger charge is 2.33. The van der Waals surface area contributed by atoms with E-state index in [-0.39, 0.29) is 41.3 Å². The van der Waals surface area contributed by atoms with Gasteiger partial charge < -0.3 is 19.7 Å². The first-order valence-corrected chi connectivity index (χ1v) is 13.0. The van der Waals surface area contributed by atoms with Crippen molar-refractivity contribution in [3.8, 4) is 17.0 Å². The van der Waals surface area contributed by atoms with E-state index in [1.54, 1.807) is 0 Å². The molecule has 0 aliphatic carbocycles. The van der Waals surface area contributed by atoms with Gasteiger partial charge in [0.2, 0.25) is 16.0 Å². The zero-order chi connectivity index (χ0) is 24.4. The Labute approximate surface area is 200 Å². The fourth-order valence-corrected chi connectivity index (χ4v) is 5.67. The molecule has 3 unspecified atom stereocenters. The molecule has 2 aliphatic heterocycles. The monoisotopic (exact) mass is 510 g/mol. The predicted molar refractivity (Wildman–Crippen MR) is 125 cm³/mol. The van der Waals surface area contributed by atoms with Crippen molar-refractivity contribution in [3.05, 3.63) is 28.9 Å². The lowest BCUT2D eigenvalue weighted by molar-refractivity contribution is 0.0950. The quantitative estimate of drug-likeness (QED) is 0.548. The largest absolute Gasteiger partial charge is 0.488 e. The second-order valence-electron chi connectivity index (χ2n) is 8.74. The predicted octanol–water partition coefficient (Wildman–Crippen LogP) is 2.35. The van der Waals surface area contributed by atoms with Crippen LogP contribution in [0.25, 0.3) is 22.3 Å². The van der Waals surface area contributed by atoms with Crippen LogP contribution < -0.4 is 10.1 Å². The van der Waals surface area contributed by atoms with Crippen LogP contribution in [0.2, 0.25) is 5.02 Å². The Hall–Kier alpha value is -2.54. The average molecular weight is 511 g/mol. The van der Waals surface area contributed by atoms with E-state index in [1.165, 1.54) is 16.6 Å². The van der Waals surface area contributed by atoms with Gasteiger partial charge in [0, 0.05) is 18.7 Å². The number of hydrogen-bond acceptors (Lipinski definition) is 8. The normalized spacial score (nSPS) is 23.2. The summed E-state index contributed by atoms with van der Waals surface area (Å²) < 4.78 is 47.8. The fourth-order valence-electron chi connectivity index (χ4n) is 4.62. The molecule has 2 aromatic heterocycles. The molecule has 1 saturated heterocycles. The van der Waals surface area contributed by atoms with E-state index < -0.39 is 28.0 Å². The Morgan fingerprint density at radius 1 is 1.35 bits per heavy atom. The Balaban J connectivity index is 1.51. The van der Waals surface area contributed by atoms with Crippen LogP contribution in [-0.2, 0) is 10.0 Å². The van der Waals surface area contributed by atoms with Crippen LogP contribution in [-0.4, -0.2) is 75.4 Å². The summed E-state index contributed by atoms with van der Waals surface area (Å²) in [6, 6.07) is 0.831.